The first-order valence-corrected chi connectivity index (χ1v) is 8.86. The van der Waals surface area contributed by atoms with Crippen molar-refractivity contribution in [3.63, 3.8) is 0 Å². The largest absolute Gasteiger partial charge is 0.461 e. The highest BCUT2D eigenvalue weighted by Crippen LogP contribution is 2.35. The SMILES string of the molecule is C=CC(=O)OCC(Cl)COP(c1ccccc1)c1ccccc1. The van der Waals surface area contributed by atoms with Gasteiger partial charge in [0.25, 0.3) is 0 Å². The van der Waals surface area contributed by atoms with Crippen LogP contribution in [0.4, 0.5) is 0 Å². The number of ether oxygens (including phenoxy) is 1. The van der Waals surface area contributed by atoms with Crippen molar-refractivity contribution in [3.05, 3.63) is 73.3 Å². The lowest BCUT2D eigenvalue weighted by Crippen LogP contribution is -2.21. The number of halogens is 1. The van der Waals surface area contributed by atoms with Gasteiger partial charge in [-0.3, -0.25) is 0 Å². The standard InChI is InChI=1S/C18H18ClO3P/c1-2-18(20)21-13-15(19)14-22-23(16-9-5-3-6-10-16)17-11-7-4-8-12-17/h2-12,15H,1,13-14H2. The molecule has 2 aromatic rings. The summed E-state index contributed by atoms with van der Waals surface area (Å²) in [4.78, 5) is 11.1. The van der Waals surface area contributed by atoms with Gasteiger partial charge >= 0.3 is 5.97 Å². The minimum atomic E-state index is -0.958. The summed E-state index contributed by atoms with van der Waals surface area (Å²) in [6.45, 7) is 3.74. The predicted molar refractivity (Wildman–Crippen MR) is 95.8 cm³/mol. The maximum atomic E-state index is 11.1. The number of carbonyl (C=O) groups is 1. The number of carbonyl (C=O) groups excluding carboxylic acids is 1. The molecular weight excluding hydrogens is 331 g/mol. The van der Waals surface area contributed by atoms with Crippen LogP contribution in [0.1, 0.15) is 0 Å². The highest BCUT2D eigenvalue weighted by atomic mass is 35.5. The highest BCUT2D eigenvalue weighted by molar-refractivity contribution is 7.68. The average molecular weight is 349 g/mol. The molecule has 1 atom stereocenters. The van der Waals surface area contributed by atoms with Gasteiger partial charge in [-0.15, -0.1) is 11.6 Å². The van der Waals surface area contributed by atoms with Crippen LogP contribution in [0.3, 0.4) is 0 Å². The van der Waals surface area contributed by atoms with E-state index in [9.17, 15) is 4.79 Å². The van der Waals surface area contributed by atoms with E-state index in [0.29, 0.717) is 6.61 Å². The maximum absolute atomic E-state index is 11.1. The van der Waals surface area contributed by atoms with Gasteiger partial charge in [-0.1, -0.05) is 67.2 Å². The molecule has 0 aliphatic heterocycles. The Morgan fingerprint density at radius 1 is 1.04 bits per heavy atom. The Balaban J connectivity index is 2.01. The van der Waals surface area contributed by atoms with Gasteiger partial charge in [0.05, 0.1) is 20.1 Å². The molecule has 0 aromatic heterocycles. The molecule has 0 spiro atoms. The molecule has 0 radical (unpaired) electrons. The molecule has 2 rings (SSSR count). The van der Waals surface area contributed by atoms with E-state index in [1.54, 1.807) is 0 Å². The normalized spacial score (nSPS) is 11.9. The monoisotopic (exact) mass is 348 g/mol. The van der Waals surface area contributed by atoms with Gasteiger partial charge in [0, 0.05) is 16.7 Å². The van der Waals surface area contributed by atoms with Crippen molar-refractivity contribution in [2.24, 2.45) is 0 Å². The second-order valence-electron chi connectivity index (χ2n) is 4.69. The molecule has 3 nitrogen and oxygen atoms in total. The van der Waals surface area contributed by atoms with E-state index in [1.165, 1.54) is 0 Å². The first kappa shape index (κ1) is 17.7. The molecule has 0 N–H and O–H groups in total. The molecule has 5 heteroatoms. The molecular formula is C18H18ClO3P. The fourth-order valence-corrected chi connectivity index (χ4v) is 3.88. The summed E-state index contributed by atoms with van der Waals surface area (Å²) in [6.07, 6.45) is 1.12. The van der Waals surface area contributed by atoms with Crippen LogP contribution in [-0.2, 0) is 14.1 Å². The van der Waals surface area contributed by atoms with Crippen molar-refractivity contribution in [3.8, 4) is 0 Å². The van der Waals surface area contributed by atoms with Crippen LogP contribution in [-0.4, -0.2) is 24.6 Å². The van der Waals surface area contributed by atoms with Gasteiger partial charge in [-0.05, 0) is 0 Å². The van der Waals surface area contributed by atoms with Gasteiger partial charge < -0.3 is 9.26 Å². The Kier molecular flexibility index (Phi) is 7.28. The zero-order chi connectivity index (χ0) is 16.5. The number of esters is 1. The lowest BCUT2D eigenvalue weighted by atomic mass is 10.4. The van der Waals surface area contributed by atoms with Crippen molar-refractivity contribution >= 4 is 36.3 Å². The third-order valence-corrected chi connectivity index (χ3v) is 5.13. The second-order valence-corrected chi connectivity index (χ2v) is 7.19. The van der Waals surface area contributed by atoms with Crippen molar-refractivity contribution in [2.45, 2.75) is 5.38 Å². The minimum absolute atomic E-state index is 0.0964. The Bertz CT molecular complexity index is 579. The molecule has 0 heterocycles. The van der Waals surface area contributed by atoms with E-state index in [-0.39, 0.29) is 6.61 Å². The maximum Gasteiger partial charge on any atom is 0.330 e. The number of alkyl halides is 1. The molecule has 0 amide bonds. The van der Waals surface area contributed by atoms with E-state index < -0.39 is 19.5 Å². The Labute approximate surface area is 142 Å². The van der Waals surface area contributed by atoms with Crippen molar-refractivity contribution < 1.29 is 14.1 Å². The third kappa shape index (κ3) is 5.80. The van der Waals surface area contributed by atoms with E-state index in [2.05, 4.69) is 6.58 Å². The molecule has 0 aliphatic rings. The first-order valence-electron chi connectivity index (χ1n) is 7.17. The van der Waals surface area contributed by atoms with Gasteiger partial charge in [0.1, 0.15) is 6.61 Å². The van der Waals surface area contributed by atoms with E-state index >= 15 is 0 Å². The lowest BCUT2D eigenvalue weighted by Gasteiger charge is -2.20. The van der Waals surface area contributed by atoms with Crippen LogP contribution in [0.5, 0.6) is 0 Å². The average Bonchev–Trinajstić information content (AvgIpc) is 2.61. The van der Waals surface area contributed by atoms with Crippen LogP contribution in [0.15, 0.2) is 73.3 Å². The van der Waals surface area contributed by atoms with Gasteiger partial charge in [-0.2, -0.15) is 0 Å². The van der Waals surface area contributed by atoms with E-state index in [0.717, 1.165) is 16.7 Å². The molecule has 120 valence electrons. The molecule has 0 fully saturated rings. The topological polar surface area (TPSA) is 35.5 Å². The number of rotatable bonds is 8. The highest BCUT2D eigenvalue weighted by Gasteiger charge is 2.17. The Morgan fingerprint density at radius 3 is 2.04 bits per heavy atom. The summed E-state index contributed by atoms with van der Waals surface area (Å²) in [5.41, 5.74) is 0. The van der Waals surface area contributed by atoms with Gasteiger partial charge in [0.2, 0.25) is 0 Å². The van der Waals surface area contributed by atoms with Gasteiger partial charge in [-0.25, -0.2) is 4.79 Å². The summed E-state index contributed by atoms with van der Waals surface area (Å²) >= 11 is 6.17. The summed E-state index contributed by atoms with van der Waals surface area (Å²) < 4.78 is 11.0. The number of hydrogen-bond donors (Lipinski definition) is 0. The van der Waals surface area contributed by atoms with Gasteiger partial charge in [0.15, 0.2) is 0 Å². The quantitative estimate of drug-likeness (QED) is 0.317. The third-order valence-electron chi connectivity index (χ3n) is 2.94. The minimum Gasteiger partial charge on any atom is -0.461 e. The predicted octanol–water partition coefficient (Wildman–Crippen LogP) is 3.39. The molecule has 2 aromatic carbocycles. The van der Waals surface area contributed by atoms with Crippen LogP contribution in [0.2, 0.25) is 0 Å². The van der Waals surface area contributed by atoms with Crippen molar-refractivity contribution in [1.29, 1.82) is 0 Å². The number of hydrogen-bond acceptors (Lipinski definition) is 3. The van der Waals surface area contributed by atoms with E-state index in [4.69, 9.17) is 20.9 Å². The summed E-state index contributed by atoms with van der Waals surface area (Å²) in [5, 5.41) is 1.82. The molecule has 0 saturated carbocycles. The smallest absolute Gasteiger partial charge is 0.330 e. The molecule has 1 unspecified atom stereocenters. The molecule has 0 saturated heterocycles. The van der Waals surface area contributed by atoms with Crippen LogP contribution >= 0.6 is 19.7 Å². The Morgan fingerprint density at radius 2 is 1.57 bits per heavy atom. The molecule has 0 bridgehead atoms. The molecule has 0 aliphatic carbocycles. The van der Waals surface area contributed by atoms with Crippen LogP contribution in [0.25, 0.3) is 0 Å². The second kappa shape index (κ2) is 9.46. The molecule has 23 heavy (non-hydrogen) atoms. The first-order chi connectivity index (χ1) is 11.2. The summed E-state index contributed by atoms with van der Waals surface area (Å²) in [5.74, 6) is -0.482. The van der Waals surface area contributed by atoms with Crippen molar-refractivity contribution in [2.75, 3.05) is 13.2 Å². The fourth-order valence-electron chi connectivity index (χ4n) is 1.86. The lowest BCUT2D eigenvalue weighted by molar-refractivity contribution is -0.137. The fraction of sp³-hybridized carbons (Fsp3) is 0.167. The van der Waals surface area contributed by atoms with Crippen LogP contribution in [0, 0.1) is 0 Å². The summed E-state index contributed by atoms with van der Waals surface area (Å²) in [6, 6.07) is 20.1. The van der Waals surface area contributed by atoms with Crippen molar-refractivity contribution in [1.82, 2.24) is 0 Å². The zero-order valence-corrected chi connectivity index (χ0v) is 14.2. The Hall–Kier alpha value is -1.67. The summed E-state index contributed by atoms with van der Waals surface area (Å²) in [7, 11) is -0.958. The number of benzene rings is 2. The van der Waals surface area contributed by atoms with E-state index in [1.807, 2.05) is 60.7 Å². The van der Waals surface area contributed by atoms with Crippen LogP contribution < -0.4 is 10.6 Å². The zero-order valence-electron chi connectivity index (χ0n) is 12.6.